The number of hydrogen-bond donors (Lipinski definition) is 2. The molecule has 1 aromatic carbocycles. The Morgan fingerprint density at radius 2 is 2.19 bits per heavy atom. The summed E-state index contributed by atoms with van der Waals surface area (Å²) in [4.78, 5) is 14.8. The third kappa shape index (κ3) is 1.29. The van der Waals surface area contributed by atoms with Crippen molar-refractivity contribution in [2.45, 2.75) is 6.04 Å². The molecule has 0 spiro atoms. The van der Waals surface area contributed by atoms with Crippen LogP contribution in [0.2, 0.25) is 0 Å². The van der Waals surface area contributed by atoms with Gasteiger partial charge in [0.25, 0.3) is 0 Å². The Morgan fingerprint density at radius 3 is 2.94 bits per heavy atom. The zero-order chi connectivity index (χ0) is 11.1. The molecule has 3 N–H and O–H groups in total. The number of carbonyl (C=O) groups excluding carboxylic acids is 1. The molecule has 1 aliphatic rings. The van der Waals surface area contributed by atoms with Crippen LogP contribution in [0.1, 0.15) is 11.6 Å². The van der Waals surface area contributed by atoms with Crippen molar-refractivity contribution in [2.75, 3.05) is 0 Å². The lowest BCUT2D eigenvalue weighted by Gasteiger charge is -2.09. The number of fused-ring (bicyclic) bond motifs is 1. The van der Waals surface area contributed by atoms with E-state index in [9.17, 15) is 4.79 Å². The molecular weight excluding hydrogens is 222 g/mol. The fourth-order valence-electron chi connectivity index (χ4n) is 1.87. The number of aliphatic imine (C=N–C) groups is 1. The van der Waals surface area contributed by atoms with Gasteiger partial charge in [0, 0.05) is 10.3 Å². The lowest BCUT2D eigenvalue weighted by Crippen LogP contribution is -2.27. The molecule has 16 heavy (non-hydrogen) atoms. The first-order valence-electron chi connectivity index (χ1n) is 4.86. The van der Waals surface area contributed by atoms with E-state index in [1.54, 1.807) is 11.3 Å². The SMILES string of the molecule is NC1=NC(=O)NC1c1csc2ccccc12. The van der Waals surface area contributed by atoms with E-state index in [-0.39, 0.29) is 12.1 Å². The van der Waals surface area contributed by atoms with E-state index in [0.717, 1.165) is 10.9 Å². The highest BCUT2D eigenvalue weighted by Crippen LogP contribution is 2.31. The van der Waals surface area contributed by atoms with Crippen LogP contribution in [0.3, 0.4) is 0 Å². The van der Waals surface area contributed by atoms with Gasteiger partial charge in [-0.15, -0.1) is 11.3 Å². The van der Waals surface area contributed by atoms with Gasteiger partial charge in [0.1, 0.15) is 11.9 Å². The van der Waals surface area contributed by atoms with Crippen LogP contribution >= 0.6 is 11.3 Å². The van der Waals surface area contributed by atoms with Crippen LogP contribution in [0.4, 0.5) is 4.79 Å². The van der Waals surface area contributed by atoms with E-state index >= 15 is 0 Å². The zero-order valence-electron chi connectivity index (χ0n) is 8.31. The van der Waals surface area contributed by atoms with Crippen LogP contribution in [0.15, 0.2) is 34.6 Å². The molecule has 0 saturated carbocycles. The van der Waals surface area contributed by atoms with Crippen molar-refractivity contribution in [3.63, 3.8) is 0 Å². The number of hydrogen-bond acceptors (Lipinski definition) is 3. The Labute approximate surface area is 95.8 Å². The fraction of sp³-hybridized carbons (Fsp3) is 0.0909. The molecular formula is C11H9N3OS. The minimum absolute atomic E-state index is 0.274. The van der Waals surface area contributed by atoms with Crippen molar-refractivity contribution in [2.24, 2.45) is 10.7 Å². The van der Waals surface area contributed by atoms with E-state index in [2.05, 4.69) is 10.3 Å². The van der Waals surface area contributed by atoms with Gasteiger partial charge in [-0.25, -0.2) is 4.79 Å². The minimum Gasteiger partial charge on any atom is -0.385 e. The molecule has 0 fully saturated rings. The van der Waals surface area contributed by atoms with Crippen molar-refractivity contribution < 1.29 is 4.79 Å². The summed E-state index contributed by atoms with van der Waals surface area (Å²) >= 11 is 1.64. The van der Waals surface area contributed by atoms with Crippen LogP contribution in [-0.2, 0) is 0 Å². The number of urea groups is 1. The highest BCUT2D eigenvalue weighted by atomic mass is 32.1. The monoisotopic (exact) mass is 231 g/mol. The number of rotatable bonds is 1. The number of amides is 2. The first-order chi connectivity index (χ1) is 7.75. The fourth-order valence-corrected chi connectivity index (χ4v) is 2.86. The second-order valence-corrected chi connectivity index (χ2v) is 4.52. The summed E-state index contributed by atoms with van der Waals surface area (Å²) in [7, 11) is 0. The van der Waals surface area contributed by atoms with Gasteiger partial charge >= 0.3 is 6.03 Å². The van der Waals surface area contributed by atoms with Crippen LogP contribution in [0, 0.1) is 0 Å². The Kier molecular flexibility index (Phi) is 1.94. The largest absolute Gasteiger partial charge is 0.385 e. The van der Waals surface area contributed by atoms with Crippen LogP contribution in [-0.4, -0.2) is 11.9 Å². The molecule has 1 atom stereocenters. The lowest BCUT2D eigenvalue weighted by atomic mass is 10.1. The van der Waals surface area contributed by atoms with Gasteiger partial charge in [-0.05, 0) is 16.8 Å². The Hall–Kier alpha value is -1.88. The average molecular weight is 231 g/mol. The van der Waals surface area contributed by atoms with Gasteiger partial charge in [-0.1, -0.05) is 18.2 Å². The first-order valence-corrected chi connectivity index (χ1v) is 5.74. The molecule has 2 aromatic rings. The maximum Gasteiger partial charge on any atom is 0.343 e. The molecule has 80 valence electrons. The highest BCUT2D eigenvalue weighted by molar-refractivity contribution is 7.17. The van der Waals surface area contributed by atoms with Crippen LogP contribution < -0.4 is 11.1 Å². The quantitative estimate of drug-likeness (QED) is 0.788. The third-order valence-electron chi connectivity index (χ3n) is 2.62. The molecule has 0 bridgehead atoms. The van der Waals surface area contributed by atoms with Gasteiger partial charge in [-0.3, -0.25) is 0 Å². The van der Waals surface area contributed by atoms with Crippen LogP contribution in [0.25, 0.3) is 10.1 Å². The van der Waals surface area contributed by atoms with Crippen LogP contribution in [0.5, 0.6) is 0 Å². The normalized spacial score (nSPS) is 19.9. The summed E-state index contributed by atoms with van der Waals surface area (Å²) in [5, 5.41) is 5.88. The molecule has 1 aromatic heterocycles. The molecule has 0 saturated heterocycles. The number of nitrogens with one attached hydrogen (secondary N) is 1. The molecule has 4 nitrogen and oxygen atoms in total. The van der Waals surface area contributed by atoms with Gasteiger partial charge in [0.15, 0.2) is 0 Å². The summed E-state index contributed by atoms with van der Waals surface area (Å²) in [6, 6.07) is 7.41. The van der Waals surface area contributed by atoms with E-state index in [4.69, 9.17) is 5.73 Å². The number of amidine groups is 1. The van der Waals surface area contributed by atoms with Gasteiger partial charge in [0.2, 0.25) is 0 Å². The molecule has 1 unspecified atom stereocenters. The number of nitrogens with zero attached hydrogens (tertiary/aromatic N) is 1. The number of benzene rings is 1. The summed E-state index contributed by atoms with van der Waals surface area (Å²) < 4.78 is 1.19. The second kappa shape index (κ2) is 3.31. The summed E-state index contributed by atoms with van der Waals surface area (Å²) in [6.45, 7) is 0. The first kappa shape index (κ1) is 9.35. The van der Waals surface area contributed by atoms with Crippen molar-refractivity contribution in [1.29, 1.82) is 0 Å². The van der Waals surface area contributed by atoms with E-state index in [1.807, 2.05) is 29.6 Å². The lowest BCUT2D eigenvalue weighted by molar-refractivity contribution is 0.250. The molecule has 3 rings (SSSR count). The maximum absolute atomic E-state index is 11.1. The predicted molar refractivity (Wildman–Crippen MR) is 64.7 cm³/mol. The highest BCUT2D eigenvalue weighted by Gasteiger charge is 2.26. The average Bonchev–Trinajstić information content (AvgIpc) is 2.81. The molecule has 2 amide bonds. The number of carbonyl (C=O) groups is 1. The van der Waals surface area contributed by atoms with Crippen molar-refractivity contribution >= 4 is 33.3 Å². The maximum atomic E-state index is 11.1. The topological polar surface area (TPSA) is 67.5 Å². The Bertz CT molecular complexity index is 602. The smallest absolute Gasteiger partial charge is 0.343 e. The number of nitrogens with two attached hydrogens (primary N) is 1. The summed E-state index contributed by atoms with van der Waals surface area (Å²) in [5.41, 5.74) is 6.74. The molecule has 2 heterocycles. The molecule has 5 heteroatoms. The van der Waals surface area contributed by atoms with Crippen molar-refractivity contribution in [3.05, 3.63) is 35.2 Å². The Balaban J connectivity index is 2.14. The van der Waals surface area contributed by atoms with Gasteiger partial charge in [0.05, 0.1) is 0 Å². The zero-order valence-corrected chi connectivity index (χ0v) is 9.12. The van der Waals surface area contributed by atoms with Gasteiger partial charge < -0.3 is 11.1 Å². The minimum atomic E-state index is -0.363. The number of thiophene rings is 1. The van der Waals surface area contributed by atoms with E-state index in [0.29, 0.717) is 5.84 Å². The molecule has 1 aliphatic heterocycles. The van der Waals surface area contributed by atoms with Gasteiger partial charge in [-0.2, -0.15) is 4.99 Å². The molecule has 0 radical (unpaired) electrons. The summed E-state index contributed by atoms with van der Waals surface area (Å²) in [5.74, 6) is 0.341. The standard InChI is InChI=1S/C11H9N3OS/c12-10-9(13-11(15)14-10)7-5-16-8-4-2-1-3-6(7)8/h1-5,9H,(H3,12,13,14,15). The Morgan fingerprint density at radius 1 is 1.38 bits per heavy atom. The second-order valence-electron chi connectivity index (χ2n) is 3.61. The van der Waals surface area contributed by atoms with E-state index < -0.39 is 0 Å². The summed E-state index contributed by atoms with van der Waals surface area (Å²) in [6.07, 6.45) is 0. The molecule has 0 aliphatic carbocycles. The third-order valence-corrected chi connectivity index (χ3v) is 3.60. The van der Waals surface area contributed by atoms with E-state index in [1.165, 1.54) is 4.70 Å². The van der Waals surface area contributed by atoms with Crippen molar-refractivity contribution in [3.8, 4) is 0 Å². The van der Waals surface area contributed by atoms with Crippen molar-refractivity contribution in [1.82, 2.24) is 5.32 Å². The predicted octanol–water partition coefficient (Wildman–Crippen LogP) is 2.02.